The highest BCUT2D eigenvalue weighted by atomic mass is 16.6. The molecule has 2 aromatic carbocycles. The van der Waals surface area contributed by atoms with Crippen molar-refractivity contribution < 1.29 is 29.0 Å². The molecule has 0 saturated heterocycles. The lowest BCUT2D eigenvalue weighted by molar-refractivity contribution is -0.125. The van der Waals surface area contributed by atoms with Gasteiger partial charge < -0.3 is 30.5 Å². The Balaban J connectivity index is 1.46. The van der Waals surface area contributed by atoms with Crippen LogP contribution in [-0.2, 0) is 40.3 Å². The number of amides is 3. The van der Waals surface area contributed by atoms with E-state index < -0.39 is 42.3 Å². The summed E-state index contributed by atoms with van der Waals surface area (Å²) in [7, 11) is 0. The molecule has 0 aliphatic carbocycles. The molecular formula is C37H43N5O6. The number of carbonyl (C=O) groups is 3. The molecule has 0 aliphatic rings. The molecule has 0 saturated carbocycles. The normalized spacial score (nSPS) is 13.4. The molecule has 0 fully saturated rings. The van der Waals surface area contributed by atoms with Crippen molar-refractivity contribution in [2.75, 3.05) is 0 Å². The number of aliphatic hydroxyl groups excluding tert-OH is 1. The second-order valence-corrected chi connectivity index (χ2v) is 11.8. The van der Waals surface area contributed by atoms with Crippen LogP contribution in [0.5, 0.6) is 0 Å². The topological polar surface area (TPSA) is 152 Å². The number of pyridine rings is 2. The van der Waals surface area contributed by atoms with E-state index in [2.05, 4.69) is 25.9 Å². The molecule has 0 bridgehead atoms. The van der Waals surface area contributed by atoms with Gasteiger partial charge in [-0.05, 0) is 60.6 Å². The van der Waals surface area contributed by atoms with Crippen LogP contribution in [0.3, 0.4) is 0 Å². The van der Waals surface area contributed by atoms with Gasteiger partial charge in [0.15, 0.2) is 0 Å². The maximum absolute atomic E-state index is 13.7. The highest BCUT2D eigenvalue weighted by molar-refractivity contribution is 5.86. The first kappa shape index (κ1) is 35.6. The molecular weight excluding hydrogens is 610 g/mol. The zero-order valence-corrected chi connectivity index (χ0v) is 27.2. The summed E-state index contributed by atoms with van der Waals surface area (Å²) in [6, 6.07) is 27.5. The second kappa shape index (κ2) is 18.8. The van der Waals surface area contributed by atoms with Crippen LogP contribution in [0.2, 0.25) is 0 Å². The number of hydrogen-bond acceptors (Lipinski definition) is 8. The zero-order valence-electron chi connectivity index (χ0n) is 27.2. The average molecular weight is 654 g/mol. The quantitative estimate of drug-likeness (QED) is 0.135. The Bertz CT molecular complexity index is 1540. The first-order chi connectivity index (χ1) is 23.3. The number of aromatic nitrogens is 2. The second-order valence-electron chi connectivity index (χ2n) is 11.8. The summed E-state index contributed by atoms with van der Waals surface area (Å²) in [4.78, 5) is 47.5. The SMILES string of the molecule is CC(C)C(NC(=O)OCc1ccccn1)C(=O)N[C@@H](Cc1ccccc1)[C@@H](O)C[C@H](Cc1ccccc1)NC(=O)OCc1ccccn1. The summed E-state index contributed by atoms with van der Waals surface area (Å²) in [5, 5.41) is 20.2. The monoisotopic (exact) mass is 653 g/mol. The van der Waals surface area contributed by atoms with E-state index in [1.54, 1.807) is 42.7 Å². The number of nitrogens with zero attached hydrogens (tertiary/aromatic N) is 2. The van der Waals surface area contributed by atoms with E-state index in [9.17, 15) is 19.5 Å². The predicted molar refractivity (Wildman–Crippen MR) is 180 cm³/mol. The summed E-state index contributed by atoms with van der Waals surface area (Å²) in [5.41, 5.74) is 3.03. The minimum Gasteiger partial charge on any atom is -0.443 e. The van der Waals surface area contributed by atoms with Crippen LogP contribution < -0.4 is 16.0 Å². The molecule has 2 heterocycles. The number of aliphatic hydroxyl groups is 1. The summed E-state index contributed by atoms with van der Waals surface area (Å²) >= 11 is 0. The third-order valence-electron chi connectivity index (χ3n) is 7.64. The minimum absolute atomic E-state index is 0.00609. The van der Waals surface area contributed by atoms with Crippen LogP contribution in [0.4, 0.5) is 9.59 Å². The fourth-order valence-electron chi connectivity index (χ4n) is 5.13. The first-order valence-corrected chi connectivity index (χ1v) is 16.0. The standard InChI is InChI=1S/C37H43N5O6/c1-26(2)34(42-37(46)48-25-30-18-10-12-20-39-30)35(44)41-32(22-28-15-7-4-8-16-28)33(43)23-31(21-27-13-5-3-6-14-27)40-36(45)47-24-29-17-9-11-19-38-29/h3-20,26,31-34,43H,21-25H2,1-2H3,(H,40,45)(H,41,44)(H,42,46)/t31-,32-,33-,34?/m0/s1. The maximum atomic E-state index is 13.7. The van der Waals surface area contributed by atoms with Gasteiger partial charge in [-0.15, -0.1) is 0 Å². The molecule has 1 unspecified atom stereocenters. The summed E-state index contributed by atoms with van der Waals surface area (Å²) in [5.74, 6) is -0.759. The molecule has 4 N–H and O–H groups in total. The van der Waals surface area contributed by atoms with Crippen molar-refractivity contribution in [2.24, 2.45) is 5.92 Å². The Morgan fingerprint density at radius 3 is 1.67 bits per heavy atom. The Hall–Kier alpha value is -5.29. The van der Waals surface area contributed by atoms with Gasteiger partial charge >= 0.3 is 12.2 Å². The van der Waals surface area contributed by atoms with Gasteiger partial charge in [-0.1, -0.05) is 86.6 Å². The smallest absolute Gasteiger partial charge is 0.408 e. The van der Waals surface area contributed by atoms with E-state index in [1.165, 1.54) is 0 Å². The fraction of sp³-hybridized carbons (Fsp3) is 0.324. The zero-order chi connectivity index (χ0) is 34.1. The lowest BCUT2D eigenvalue weighted by atomic mass is 9.93. The van der Waals surface area contributed by atoms with E-state index in [0.717, 1.165) is 11.1 Å². The third-order valence-corrected chi connectivity index (χ3v) is 7.64. The van der Waals surface area contributed by atoms with Gasteiger partial charge in [-0.2, -0.15) is 0 Å². The van der Waals surface area contributed by atoms with E-state index in [0.29, 0.717) is 24.2 Å². The lowest BCUT2D eigenvalue weighted by Crippen LogP contribution is -2.56. The Morgan fingerprint density at radius 2 is 1.17 bits per heavy atom. The molecule has 3 amide bonds. The van der Waals surface area contributed by atoms with Gasteiger partial charge in [0.25, 0.3) is 0 Å². The van der Waals surface area contributed by atoms with Crippen LogP contribution in [0, 0.1) is 5.92 Å². The summed E-state index contributed by atoms with van der Waals surface area (Å²) < 4.78 is 10.7. The van der Waals surface area contributed by atoms with Gasteiger partial charge in [0.2, 0.25) is 5.91 Å². The molecule has 4 atom stereocenters. The van der Waals surface area contributed by atoms with Crippen LogP contribution in [-0.4, -0.2) is 57.4 Å². The van der Waals surface area contributed by atoms with Crippen molar-refractivity contribution in [2.45, 2.75) is 70.6 Å². The van der Waals surface area contributed by atoms with Gasteiger partial charge in [0, 0.05) is 18.4 Å². The molecule has 2 aromatic heterocycles. The molecule has 252 valence electrons. The number of carbonyl (C=O) groups excluding carboxylic acids is 3. The fourth-order valence-corrected chi connectivity index (χ4v) is 5.13. The molecule has 11 heteroatoms. The predicted octanol–water partition coefficient (Wildman–Crippen LogP) is 4.74. The molecule has 4 rings (SSSR count). The minimum atomic E-state index is -1.08. The van der Waals surface area contributed by atoms with Crippen LogP contribution in [0.25, 0.3) is 0 Å². The number of benzene rings is 2. The third kappa shape index (κ3) is 12.1. The molecule has 0 spiro atoms. The molecule has 0 radical (unpaired) electrons. The number of rotatable bonds is 16. The highest BCUT2D eigenvalue weighted by Gasteiger charge is 2.31. The Morgan fingerprint density at radius 1 is 0.667 bits per heavy atom. The molecule has 4 aromatic rings. The van der Waals surface area contributed by atoms with Gasteiger partial charge in [-0.3, -0.25) is 14.8 Å². The largest absolute Gasteiger partial charge is 0.443 e. The van der Waals surface area contributed by atoms with Crippen molar-refractivity contribution in [3.05, 3.63) is 132 Å². The average Bonchev–Trinajstić information content (AvgIpc) is 3.10. The van der Waals surface area contributed by atoms with Crippen LogP contribution >= 0.6 is 0 Å². The molecule has 48 heavy (non-hydrogen) atoms. The van der Waals surface area contributed by atoms with Crippen molar-refractivity contribution in [1.29, 1.82) is 0 Å². The van der Waals surface area contributed by atoms with Gasteiger partial charge in [0.1, 0.15) is 19.3 Å². The van der Waals surface area contributed by atoms with Gasteiger partial charge in [-0.25, -0.2) is 9.59 Å². The van der Waals surface area contributed by atoms with E-state index in [1.807, 2.05) is 80.6 Å². The number of ether oxygens (including phenoxy) is 2. The van der Waals surface area contributed by atoms with Crippen molar-refractivity contribution >= 4 is 18.1 Å². The van der Waals surface area contributed by atoms with Gasteiger partial charge in [0.05, 0.1) is 23.5 Å². The summed E-state index contributed by atoms with van der Waals surface area (Å²) in [6.45, 7) is 3.56. The maximum Gasteiger partial charge on any atom is 0.408 e. The van der Waals surface area contributed by atoms with Crippen molar-refractivity contribution in [3.8, 4) is 0 Å². The number of hydrogen-bond donors (Lipinski definition) is 4. The highest BCUT2D eigenvalue weighted by Crippen LogP contribution is 2.15. The molecule has 0 aliphatic heterocycles. The Kier molecular flexibility index (Phi) is 13.9. The number of nitrogens with one attached hydrogen (secondary N) is 3. The van der Waals surface area contributed by atoms with E-state index in [-0.39, 0.29) is 25.6 Å². The Labute approximate surface area is 281 Å². The number of alkyl carbamates (subject to hydrolysis) is 2. The lowest BCUT2D eigenvalue weighted by Gasteiger charge is -2.30. The van der Waals surface area contributed by atoms with Crippen molar-refractivity contribution in [3.63, 3.8) is 0 Å². The van der Waals surface area contributed by atoms with Crippen LogP contribution in [0.1, 0.15) is 42.8 Å². The van der Waals surface area contributed by atoms with E-state index >= 15 is 0 Å². The first-order valence-electron chi connectivity index (χ1n) is 16.0. The van der Waals surface area contributed by atoms with Crippen LogP contribution in [0.15, 0.2) is 109 Å². The van der Waals surface area contributed by atoms with Crippen molar-refractivity contribution in [1.82, 2.24) is 25.9 Å². The molecule has 11 nitrogen and oxygen atoms in total. The van der Waals surface area contributed by atoms with E-state index in [4.69, 9.17) is 9.47 Å². The summed E-state index contributed by atoms with van der Waals surface area (Å²) in [6.07, 6.45) is 1.57.